The minimum Gasteiger partial charge on any atom is -0.339 e. The van der Waals surface area contributed by atoms with Gasteiger partial charge >= 0.3 is 0 Å². The summed E-state index contributed by atoms with van der Waals surface area (Å²) in [7, 11) is 0. The van der Waals surface area contributed by atoms with Crippen LogP contribution in [0.1, 0.15) is 34.6 Å². The van der Waals surface area contributed by atoms with Gasteiger partial charge in [-0.15, -0.1) is 0 Å². The fourth-order valence-corrected chi connectivity index (χ4v) is 3.18. The molecular formula is C19H19Cl2N3O2S. The third kappa shape index (κ3) is 5.92. The van der Waals surface area contributed by atoms with E-state index in [9.17, 15) is 9.59 Å². The number of anilines is 1. The standard InChI is InChI=1S/C19H19Cl2N3O2S/c1-3-24(4-2)18(26)12-6-5-7-16(10-12)22-19(27)23-17(25)13-8-14(20)11-15(21)9-13/h5-11H,3-4H2,1-2H3,(H2,22,23,25,27). The minimum absolute atomic E-state index is 0.0628. The van der Waals surface area contributed by atoms with Gasteiger partial charge in [-0.1, -0.05) is 29.3 Å². The molecule has 0 aliphatic rings. The number of hydrogen-bond donors (Lipinski definition) is 2. The second kappa shape index (κ2) is 9.69. The number of carbonyl (C=O) groups excluding carboxylic acids is 2. The van der Waals surface area contributed by atoms with E-state index in [-0.39, 0.29) is 11.0 Å². The Kier molecular flexibility index (Phi) is 7.59. The quantitative estimate of drug-likeness (QED) is 0.689. The number of carbonyl (C=O) groups is 2. The molecule has 5 nitrogen and oxygen atoms in total. The molecule has 27 heavy (non-hydrogen) atoms. The van der Waals surface area contributed by atoms with Crippen molar-refractivity contribution in [3.05, 3.63) is 63.6 Å². The molecule has 0 unspecified atom stereocenters. The van der Waals surface area contributed by atoms with Crippen LogP contribution in [0.25, 0.3) is 0 Å². The molecule has 2 amide bonds. The summed E-state index contributed by atoms with van der Waals surface area (Å²) >= 11 is 17.0. The maximum Gasteiger partial charge on any atom is 0.257 e. The Bertz CT molecular complexity index is 850. The topological polar surface area (TPSA) is 61.4 Å². The number of halogens is 2. The second-order valence-electron chi connectivity index (χ2n) is 5.62. The first-order chi connectivity index (χ1) is 12.8. The van der Waals surface area contributed by atoms with Gasteiger partial charge in [-0.05, 0) is 62.5 Å². The number of nitrogens with zero attached hydrogens (tertiary/aromatic N) is 1. The van der Waals surface area contributed by atoms with Gasteiger partial charge in [-0.2, -0.15) is 0 Å². The van der Waals surface area contributed by atoms with Crippen LogP contribution >= 0.6 is 35.4 Å². The Hall–Kier alpha value is -2.15. The first-order valence-electron chi connectivity index (χ1n) is 8.31. The molecule has 0 saturated heterocycles. The van der Waals surface area contributed by atoms with Crippen molar-refractivity contribution in [3.63, 3.8) is 0 Å². The lowest BCUT2D eigenvalue weighted by molar-refractivity contribution is 0.0772. The SMILES string of the molecule is CCN(CC)C(=O)c1cccc(NC(=S)NC(=O)c2cc(Cl)cc(Cl)c2)c1. The van der Waals surface area contributed by atoms with Gasteiger partial charge in [-0.3, -0.25) is 14.9 Å². The third-order valence-electron chi connectivity index (χ3n) is 3.77. The monoisotopic (exact) mass is 423 g/mol. The zero-order valence-electron chi connectivity index (χ0n) is 14.9. The van der Waals surface area contributed by atoms with Crippen LogP contribution in [0.5, 0.6) is 0 Å². The molecular weight excluding hydrogens is 405 g/mol. The highest BCUT2D eigenvalue weighted by Crippen LogP contribution is 2.19. The van der Waals surface area contributed by atoms with Crippen molar-refractivity contribution < 1.29 is 9.59 Å². The fourth-order valence-electron chi connectivity index (χ4n) is 2.45. The molecule has 2 aromatic rings. The van der Waals surface area contributed by atoms with Crippen molar-refractivity contribution >= 4 is 58.0 Å². The van der Waals surface area contributed by atoms with Crippen molar-refractivity contribution in [2.75, 3.05) is 18.4 Å². The summed E-state index contributed by atoms with van der Waals surface area (Å²) < 4.78 is 0. The van der Waals surface area contributed by atoms with E-state index < -0.39 is 5.91 Å². The molecule has 0 aliphatic heterocycles. The number of nitrogens with one attached hydrogen (secondary N) is 2. The van der Waals surface area contributed by atoms with E-state index in [0.29, 0.717) is 39.9 Å². The first-order valence-corrected chi connectivity index (χ1v) is 9.48. The summed E-state index contributed by atoms with van der Waals surface area (Å²) in [5.41, 5.74) is 1.43. The fraction of sp³-hybridized carbons (Fsp3) is 0.211. The first kappa shape index (κ1) is 21.2. The van der Waals surface area contributed by atoms with E-state index >= 15 is 0 Å². The average molecular weight is 424 g/mol. The summed E-state index contributed by atoms with van der Waals surface area (Å²) in [5, 5.41) is 6.28. The van der Waals surface area contributed by atoms with Crippen LogP contribution in [0.4, 0.5) is 5.69 Å². The number of thiocarbonyl (C=S) groups is 1. The van der Waals surface area contributed by atoms with E-state index in [1.807, 2.05) is 13.8 Å². The zero-order chi connectivity index (χ0) is 20.0. The Morgan fingerprint density at radius 2 is 1.63 bits per heavy atom. The molecule has 0 aliphatic carbocycles. The van der Waals surface area contributed by atoms with Crippen LogP contribution in [0.2, 0.25) is 10.0 Å². The van der Waals surface area contributed by atoms with Gasteiger partial charge in [0.2, 0.25) is 0 Å². The summed E-state index contributed by atoms with van der Waals surface area (Å²) in [6, 6.07) is 11.5. The Morgan fingerprint density at radius 1 is 1.00 bits per heavy atom. The lowest BCUT2D eigenvalue weighted by Crippen LogP contribution is -2.34. The van der Waals surface area contributed by atoms with E-state index in [2.05, 4.69) is 10.6 Å². The Morgan fingerprint density at radius 3 is 2.22 bits per heavy atom. The number of benzene rings is 2. The molecule has 0 fully saturated rings. The third-order valence-corrected chi connectivity index (χ3v) is 4.41. The molecule has 0 saturated carbocycles. The van der Waals surface area contributed by atoms with Crippen LogP contribution in [0.3, 0.4) is 0 Å². The maximum atomic E-state index is 12.4. The van der Waals surface area contributed by atoms with Gasteiger partial charge in [0.25, 0.3) is 11.8 Å². The highest BCUT2D eigenvalue weighted by atomic mass is 35.5. The van der Waals surface area contributed by atoms with Gasteiger partial charge < -0.3 is 10.2 Å². The smallest absolute Gasteiger partial charge is 0.257 e. The van der Waals surface area contributed by atoms with Gasteiger partial charge in [0.05, 0.1) is 0 Å². The molecule has 8 heteroatoms. The molecule has 2 N–H and O–H groups in total. The summed E-state index contributed by atoms with van der Waals surface area (Å²) in [6.07, 6.45) is 0. The highest BCUT2D eigenvalue weighted by Gasteiger charge is 2.14. The number of hydrogen-bond acceptors (Lipinski definition) is 3. The van der Waals surface area contributed by atoms with E-state index in [1.165, 1.54) is 18.2 Å². The van der Waals surface area contributed by atoms with Crippen LogP contribution in [-0.4, -0.2) is 34.9 Å². The Balaban J connectivity index is 2.06. The molecule has 2 aromatic carbocycles. The minimum atomic E-state index is -0.438. The molecule has 0 radical (unpaired) electrons. The summed E-state index contributed by atoms with van der Waals surface area (Å²) in [4.78, 5) is 26.4. The van der Waals surface area contributed by atoms with E-state index in [0.717, 1.165) is 0 Å². The molecule has 2 rings (SSSR count). The maximum absolute atomic E-state index is 12.4. The van der Waals surface area contributed by atoms with Gasteiger partial charge in [0, 0.05) is 39.9 Å². The number of amides is 2. The van der Waals surface area contributed by atoms with Gasteiger partial charge in [0.15, 0.2) is 5.11 Å². The van der Waals surface area contributed by atoms with E-state index in [4.69, 9.17) is 35.4 Å². The highest BCUT2D eigenvalue weighted by molar-refractivity contribution is 7.80. The average Bonchev–Trinajstić information content (AvgIpc) is 2.61. The second-order valence-corrected chi connectivity index (χ2v) is 6.91. The van der Waals surface area contributed by atoms with Crippen LogP contribution in [0.15, 0.2) is 42.5 Å². The predicted octanol–water partition coefficient (Wildman–Crippen LogP) is 4.60. The molecule has 142 valence electrons. The van der Waals surface area contributed by atoms with Crippen molar-refractivity contribution in [2.24, 2.45) is 0 Å². The molecule has 0 spiro atoms. The lowest BCUT2D eigenvalue weighted by atomic mass is 10.1. The van der Waals surface area contributed by atoms with Crippen LogP contribution < -0.4 is 10.6 Å². The Labute approximate surface area is 173 Å². The van der Waals surface area contributed by atoms with Gasteiger partial charge in [-0.25, -0.2) is 0 Å². The van der Waals surface area contributed by atoms with Crippen molar-refractivity contribution in [2.45, 2.75) is 13.8 Å². The van der Waals surface area contributed by atoms with Crippen LogP contribution in [0, 0.1) is 0 Å². The van der Waals surface area contributed by atoms with Crippen molar-refractivity contribution in [1.29, 1.82) is 0 Å². The predicted molar refractivity (Wildman–Crippen MR) is 114 cm³/mol. The lowest BCUT2D eigenvalue weighted by Gasteiger charge is -2.19. The van der Waals surface area contributed by atoms with E-state index in [1.54, 1.807) is 29.2 Å². The van der Waals surface area contributed by atoms with Crippen LogP contribution in [-0.2, 0) is 0 Å². The van der Waals surface area contributed by atoms with Crippen molar-refractivity contribution in [3.8, 4) is 0 Å². The summed E-state index contributed by atoms with van der Waals surface area (Å²) in [6.45, 7) is 5.11. The molecule has 0 aromatic heterocycles. The summed E-state index contributed by atoms with van der Waals surface area (Å²) in [5.74, 6) is -0.501. The zero-order valence-corrected chi connectivity index (χ0v) is 17.2. The largest absolute Gasteiger partial charge is 0.339 e. The van der Waals surface area contributed by atoms with Crippen molar-refractivity contribution in [1.82, 2.24) is 10.2 Å². The molecule has 0 heterocycles. The molecule has 0 bridgehead atoms. The normalized spacial score (nSPS) is 10.2. The molecule has 0 atom stereocenters. The number of rotatable bonds is 5. The van der Waals surface area contributed by atoms with Gasteiger partial charge in [0.1, 0.15) is 0 Å².